The highest BCUT2D eigenvalue weighted by Crippen LogP contribution is 2.22. The second-order valence-corrected chi connectivity index (χ2v) is 5.86. The van der Waals surface area contributed by atoms with Crippen molar-refractivity contribution in [3.8, 4) is 5.75 Å². The summed E-state index contributed by atoms with van der Waals surface area (Å²) in [5.74, 6) is -0.0283. The molecule has 1 aliphatic heterocycles. The topological polar surface area (TPSA) is 66.8 Å². The third-order valence-corrected chi connectivity index (χ3v) is 3.86. The van der Waals surface area contributed by atoms with E-state index in [4.69, 9.17) is 21.4 Å². The van der Waals surface area contributed by atoms with Gasteiger partial charge in [-0.05, 0) is 31.0 Å². The molecule has 120 valence electrons. The molecule has 1 aromatic carbocycles. The molecule has 2 rings (SSSR count). The molecule has 1 fully saturated rings. The molecule has 22 heavy (non-hydrogen) atoms. The van der Waals surface area contributed by atoms with Crippen molar-refractivity contribution in [3.63, 3.8) is 0 Å². The van der Waals surface area contributed by atoms with E-state index in [0.717, 1.165) is 6.42 Å². The second-order valence-electron chi connectivity index (χ2n) is 5.43. The van der Waals surface area contributed by atoms with Crippen molar-refractivity contribution in [3.05, 3.63) is 29.3 Å². The Morgan fingerprint density at radius 2 is 2.09 bits per heavy atom. The van der Waals surface area contributed by atoms with Crippen LogP contribution in [0.2, 0.25) is 5.02 Å². The Bertz CT molecular complexity index is 535. The lowest BCUT2D eigenvalue weighted by Crippen LogP contribution is -2.30. The van der Waals surface area contributed by atoms with Crippen LogP contribution in [-0.2, 0) is 9.59 Å². The van der Waals surface area contributed by atoms with Crippen molar-refractivity contribution >= 4 is 23.5 Å². The first-order valence-corrected chi connectivity index (χ1v) is 7.84. The summed E-state index contributed by atoms with van der Waals surface area (Å²) in [6, 6.07) is 7.23. The van der Waals surface area contributed by atoms with Gasteiger partial charge in [-0.2, -0.15) is 0 Å². The third kappa shape index (κ3) is 5.22. The first kappa shape index (κ1) is 16.6. The Hall–Kier alpha value is -1.75. The van der Waals surface area contributed by atoms with Crippen molar-refractivity contribution in [2.24, 2.45) is 0 Å². The molecule has 1 aromatic rings. The maximum Gasteiger partial charge on any atom is 0.303 e. The Morgan fingerprint density at radius 3 is 2.82 bits per heavy atom. The van der Waals surface area contributed by atoms with Crippen LogP contribution in [-0.4, -0.2) is 41.1 Å². The van der Waals surface area contributed by atoms with Crippen LogP contribution in [0.15, 0.2) is 24.3 Å². The fraction of sp³-hybridized carbons (Fsp3) is 0.500. The summed E-state index contributed by atoms with van der Waals surface area (Å²) in [5.41, 5.74) is 0. The van der Waals surface area contributed by atoms with E-state index < -0.39 is 5.97 Å². The van der Waals surface area contributed by atoms with E-state index in [1.54, 1.807) is 17.0 Å². The minimum absolute atomic E-state index is 0.0126. The number of nitrogens with zero attached hydrogens (tertiary/aromatic N) is 1. The number of carboxylic acids is 1. The number of aliphatic carboxylic acids is 1. The molecule has 0 bridgehead atoms. The van der Waals surface area contributed by atoms with Crippen LogP contribution in [0, 0.1) is 0 Å². The van der Waals surface area contributed by atoms with Gasteiger partial charge < -0.3 is 14.7 Å². The number of benzene rings is 1. The summed E-state index contributed by atoms with van der Waals surface area (Å²) in [6.45, 7) is 1.26. The van der Waals surface area contributed by atoms with Gasteiger partial charge in [0.1, 0.15) is 11.9 Å². The number of carbonyl (C=O) groups is 2. The first-order chi connectivity index (χ1) is 10.5. The lowest BCUT2D eigenvalue weighted by molar-refractivity contribution is -0.137. The molecular formula is C16H20ClNO4. The highest BCUT2D eigenvalue weighted by Gasteiger charge is 2.27. The van der Waals surface area contributed by atoms with E-state index in [1.807, 2.05) is 12.1 Å². The van der Waals surface area contributed by atoms with E-state index in [-0.39, 0.29) is 18.4 Å². The van der Waals surface area contributed by atoms with Crippen molar-refractivity contribution in [2.45, 2.75) is 38.2 Å². The molecule has 5 nitrogen and oxygen atoms in total. The van der Waals surface area contributed by atoms with Crippen LogP contribution in [0.1, 0.15) is 32.1 Å². The molecule has 0 aliphatic carbocycles. The van der Waals surface area contributed by atoms with Gasteiger partial charge in [-0.3, -0.25) is 9.59 Å². The van der Waals surface area contributed by atoms with E-state index >= 15 is 0 Å². The quantitative estimate of drug-likeness (QED) is 0.783. The summed E-state index contributed by atoms with van der Waals surface area (Å²) >= 11 is 5.92. The van der Waals surface area contributed by atoms with Gasteiger partial charge in [0.2, 0.25) is 5.91 Å². The molecule has 1 unspecified atom stereocenters. The highest BCUT2D eigenvalue weighted by molar-refractivity contribution is 6.30. The number of carbonyl (C=O) groups excluding carboxylic acids is 1. The zero-order valence-corrected chi connectivity index (χ0v) is 13.1. The van der Waals surface area contributed by atoms with Crippen molar-refractivity contribution in [2.75, 3.05) is 13.1 Å². The Balaban J connectivity index is 1.72. The van der Waals surface area contributed by atoms with Crippen molar-refractivity contribution < 1.29 is 19.4 Å². The summed E-state index contributed by atoms with van der Waals surface area (Å²) in [4.78, 5) is 24.3. The number of hydrogen-bond donors (Lipinski definition) is 1. The maximum atomic E-state index is 12.0. The number of likely N-dealkylation sites (tertiary alicyclic amines) is 1. The van der Waals surface area contributed by atoms with Gasteiger partial charge in [0.25, 0.3) is 0 Å². The van der Waals surface area contributed by atoms with E-state index in [1.165, 1.54) is 0 Å². The molecule has 6 heteroatoms. The molecule has 0 radical (unpaired) electrons. The van der Waals surface area contributed by atoms with Gasteiger partial charge in [-0.1, -0.05) is 17.7 Å². The summed E-state index contributed by atoms with van der Waals surface area (Å²) < 4.78 is 5.84. The van der Waals surface area contributed by atoms with Crippen LogP contribution in [0.5, 0.6) is 5.75 Å². The predicted molar refractivity (Wildman–Crippen MR) is 83.2 cm³/mol. The standard InChI is InChI=1S/C16H20ClNO4/c17-12-4-3-5-13(10-12)22-14-8-9-18(11-14)15(19)6-1-2-7-16(20)21/h3-5,10,14H,1-2,6-9,11H2,(H,20,21). The fourth-order valence-electron chi connectivity index (χ4n) is 2.49. The highest BCUT2D eigenvalue weighted by atomic mass is 35.5. The average molecular weight is 326 g/mol. The average Bonchev–Trinajstić information content (AvgIpc) is 2.92. The van der Waals surface area contributed by atoms with Gasteiger partial charge in [0.15, 0.2) is 0 Å². The smallest absolute Gasteiger partial charge is 0.303 e. The van der Waals surface area contributed by atoms with Crippen LogP contribution in [0.4, 0.5) is 0 Å². The fourth-order valence-corrected chi connectivity index (χ4v) is 2.67. The minimum atomic E-state index is -0.816. The number of rotatable bonds is 7. The monoisotopic (exact) mass is 325 g/mol. The molecule has 1 heterocycles. The molecule has 1 atom stereocenters. The van der Waals surface area contributed by atoms with Gasteiger partial charge in [0, 0.05) is 30.8 Å². The van der Waals surface area contributed by atoms with Gasteiger partial charge >= 0.3 is 5.97 Å². The third-order valence-electron chi connectivity index (χ3n) is 3.63. The molecule has 1 amide bonds. The summed E-state index contributed by atoms with van der Waals surface area (Å²) in [5, 5.41) is 9.19. The first-order valence-electron chi connectivity index (χ1n) is 7.46. The molecule has 0 saturated carbocycles. The zero-order valence-electron chi connectivity index (χ0n) is 12.3. The second kappa shape index (κ2) is 8.03. The zero-order chi connectivity index (χ0) is 15.9. The lowest BCUT2D eigenvalue weighted by Gasteiger charge is -2.17. The normalized spacial score (nSPS) is 17.5. The molecule has 1 saturated heterocycles. The Kier molecular flexibility index (Phi) is 6.07. The molecule has 0 spiro atoms. The lowest BCUT2D eigenvalue weighted by atomic mass is 10.2. The minimum Gasteiger partial charge on any atom is -0.488 e. The van der Waals surface area contributed by atoms with Crippen LogP contribution in [0.25, 0.3) is 0 Å². The SMILES string of the molecule is O=C(O)CCCCC(=O)N1CCC(Oc2cccc(Cl)c2)C1. The number of hydrogen-bond acceptors (Lipinski definition) is 3. The largest absolute Gasteiger partial charge is 0.488 e. The van der Waals surface area contributed by atoms with Gasteiger partial charge in [0.05, 0.1) is 6.54 Å². The number of carboxylic acid groups (broad SMARTS) is 1. The summed E-state index contributed by atoms with van der Waals surface area (Å²) in [7, 11) is 0. The van der Waals surface area contributed by atoms with Crippen LogP contribution < -0.4 is 4.74 Å². The van der Waals surface area contributed by atoms with Crippen LogP contribution in [0.3, 0.4) is 0 Å². The molecule has 1 aliphatic rings. The van der Waals surface area contributed by atoms with Crippen LogP contribution >= 0.6 is 11.6 Å². The van der Waals surface area contributed by atoms with E-state index in [2.05, 4.69) is 0 Å². The number of unbranched alkanes of at least 4 members (excludes halogenated alkanes) is 1. The predicted octanol–water partition coefficient (Wildman–Crippen LogP) is 2.96. The van der Waals surface area contributed by atoms with Crippen molar-refractivity contribution in [1.29, 1.82) is 0 Å². The van der Waals surface area contributed by atoms with Crippen molar-refractivity contribution in [1.82, 2.24) is 4.90 Å². The number of ether oxygens (including phenoxy) is 1. The molecular weight excluding hydrogens is 306 g/mol. The Labute approximate surface area is 134 Å². The summed E-state index contributed by atoms with van der Waals surface area (Å²) in [6.07, 6.45) is 2.46. The molecule has 0 aromatic heterocycles. The Morgan fingerprint density at radius 1 is 1.32 bits per heavy atom. The molecule has 1 N–H and O–H groups in total. The number of halogens is 1. The number of amides is 1. The van der Waals surface area contributed by atoms with Gasteiger partial charge in [-0.25, -0.2) is 0 Å². The van der Waals surface area contributed by atoms with Gasteiger partial charge in [-0.15, -0.1) is 0 Å². The van der Waals surface area contributed by atoms with E-state index in [9.17, 15) is 9.59 Å². The van der Waals surface area contributed by atoms with E-state index in [0.29, 0.717) is 43.1 Å². The maximum absolute atomic E-state index is 12.0.